The van der Waals surface area contributed by atoms with Gasteiger partial charge >= 0.3 is 0 Å². The Hall–Kier alpha value is -1.38. The number of halogens is 1. The number of carbonyl (C=O) groups excluding carboxylic acids is 1. The van der Waals surface area contributed by atoms with Gasteiger partial charge < -0.3 is 5.11 Å². The van der Waals surface area contributed by atoms with Gasteiger partial charge in [0.1, 0.15) is 5.75 Å². The molecule has 1 atom stereocenters. The van der Waals surface area contributed by atoms with E-state index in [1.54, 1.807) is 12.1 Å². The van der Waals surface area contributed by atoms with Gasteiger partial charge in [0.2, 0.25) is 5.78 Å². The number of ketones is 1. The molecule has 0 bridgehead atoms. The summed E-state index contributed by atoms with van der Waals surface area (Å²) in [5.74, 6) is -0.708. The van der Waals surface area contributed by atoms with Gasteiger partial charge in [-0.2, -0.15) is 0 Å². The lowest BCUT2D eigenvalue weighted by molar-refractivity contribution is 0.0897. The molecule has 0 spiro atoms. The Labute approximate surface area is 68.6 Å². The zero-order valence-corrected chi connectivity index (χ0v) is 6.25. The molecule has 1 aliphatic carbocycles. The predicted octanol–water partition coefficient (Wildman–Crippen LogP) is 1.47. The molecule has 1 aromatic carbocycles. The summed E-state index contributed by atoms with van der Waals surface area (Å²) in [6.45, 7) is 0. The van der Waals surface area contributed by atoms with Gasteiger partial charge in [-0.1, -0.05) is 12.1 Å². The first-order valence-electron chi connectivity index (χ1n) is 3.69. The van der Waals surface area contributed by atoms with Crippen LogP contribution < -0.4 is 0 Å². The number of carbonyl (C=O) groups is 1. The van der Waals surface area contributed by atoms with Crippen LogP contribution in [0.5, 0.6) is 5.75 Å². The Kier molecular flexibility index (Phi) is 1.40. The number of aromatic hydroxyl groups is 1. The van der Waals surface area contributed by atoms with E-state index in [-0.39, 0.29) is 17.7 Å². The molecule has 3 heteroatoms. The Bertz CT molecular complexity index is 346. The highest BCUT2D eigenvalue weighted by atomic mass is 19.1. The lowest BCUT2D eigenvalue weighted by Gasteiger charge is -1.97. The van der Waals surface area contributed by atoms with Crippen molar-refractivity contribution in [1.29, 1.82) is 0 Å². The molecular weight excluding hydrogens is 159 g/mol. The molecule has 12 heavy (non-hydrogen) atoms. The largest absolute Gasteiger partial charge is 0.507 e. The summed E-state index contributed by atoms with van der Waals surface area (Å²) >= 11 is 0. The third kappa shape index (κ3) is 0.826. The van der Waals surface area contributed by atoms with Gasteiger partial charge in [0.25, 0.3) is 0 Å². The second kappa shape index (κ2) is 2.30. The van der Waals surface area contributed by atoms with Crippen molar-refractivity contribution < 1.29 is 14.3 Å². The van der Waals surface area contributed by atoms with Crippen LogP contribution in [0.2, 0.25) is 0 Å². The molecule has 1 aliphatic rings. The Balaban J connectivity index is 2.62. The molecule has 0 radical (unpaired) electrons. The van der Waals surface area contributed by atoms with Gasteiger partial charge in [0.15, 0.2) is 6.17 Å². The van der Waals surface area contributed by atoms with Crippen molar-refractivity contribution in [2.45, 2.75) is 12.6 Å². The summed E-state index contributed by atoms with van der Waals surface area (Å²) in [6, 6.07) is 4.67. The van der Waals surface area contributed by atoms with E-state index in [4.69, 9.17) is 0 Å². The summed E-state index contributed by atoms with van der Waals surface area (Å²) < 4.78 is 12.8. The van der Waals surface area contributed by atoms with Gasteiger partial charge in [0.05, 0.1) is 5.56 Å². The predicted molar refractivity (Wildman–Crippen MR) is 41.0 cm³/mol. The zero-order chi connectivity index (χ0) is 8.72. The summed E-state index contributed by atoms with van der Waals surface area (Å²) in [5.41, 5.74) is 0.762. The maximum absolute atomic E-state index is 12.8. The van der Waals surface area contributed by atoms with Gasteiger partial charge in [-0.3, -0.25) is 4.79 Å². The van der Waals surface area contributed by atoms with Gasteiger partial charge in [-0.05, 0) is 11.6 Å². The fraction of sp³-hybridized carbons (Fsp3) is 0.222. The molecule has 1 unspecified atom stereocenters. The molecule has 1 aromatic rings. The second-order valence-corrected chi connectivity index (χ2v) is 2.85. The second-order valence-electron chi connectivity index (χ2n) is 2.85. The van der Waals surface area contributed by atoms with Crippen LogP contribution >= 0.6 is 0 Å². The maximum atomic E-state index is 12.8. The number of fused-ring (bicyclic) bond motifs is 1. The fourth-order valence-corrected chi connectivity index (χ4v) is 1.48. The number of hydrogen-bond donors (Lipinski definition) is 1. The van der Waals surface area contributed by atoms with E-state index in [0.717, 1.165) is 0 Å². The van der Waals surface area contributed by atoms with Crippen molar-refractivity contribution in [2.75, 3.05) is 0 Å². The smallest absolute Gasteiger partial charge is 0.201 e. The SMILES string of the molecule is O=C1c2c(O)cccc2CC1F. The van der Waals surface area contributed by atoms with Crippen LogP contribution in [0.4, 0.5) is 4.39 Å². The highest BCUT2D eigenvalue weighted by Crippen LogP contribution is 2.30. The van der Waals surface area contributed by atoms with Crippen LogP contribution in [-0.4, -0.2) is 17.1 Å². The molecule has 0 fully saturated rings. The first kappa shape index (κ1) is 7.28. The van der Waals surface area contributed by atoms with E-state index >= 15 is 0 Å². The van der Waals surface area contributed by atoms with E-state index in [9.17, 15) is 14.3 Å². The van der Waals surface area contributed by atoms with Crippen LogP contribution in [0.1, 0.15) is 15.9 Å². The molecule has 0 amide bonds. The third-order valence-electron chi connectivity index (χ3n) is 2.06. The molecule has 1 N–H and O–H groups in total. The zero-order valence-electron chi connectivity index (χ0n) is 6.25. The molecular formula is C9H7FO2. The van der Waals surface area contributed by atoms with Gasteiger partial charge in [-0.15, -0.1) is 0 Å². The highest BCUT2D eigenvalue weighted by Gasteiger charge is 2.32. The number of rotatable bonds is 0. The van der Waals surface area contributed by atoms with Crippen LogP contribution in [0, 0.1) is 0 Å². The van der Waals surface area contributed by atoms with Crippen LogP contribution in [0.15, 0.2) is 18.2 Å². The number of alkyl halides is 1. The topological polar surface area (TPSA) is 37.3 Å². The summed E-state index contributed by atoms with van der Waals surface area (Å²) in [5, 5.41) is 9.23. The van der Waals surface area contributed by atoms with Gasteiger partial charge in [0, 0.05) is 6.42 Å². The minimum Gasteiger partial charge on any atom is -0.507 e. The normalized spacial score (nSPS) is 21.1. The average molecular weight is 166 g/mol. The van der Waals surface area contributed by atoms with Crippen LogP contribution in [-0.2, 0) is 6.42 Å². The van der Waals surface area contributed by atoms with E-state index in [2.05, 4.69) is 0 Å². The average Bonchev–Trinajstić information content (AvgIpc) is 2.29. The highest BCUT2D eigenvalue weighted by molar-refractivity contribution is 6.05. The summed E-state index contributed by atoms with van der Waals surface area (Å²) in [4.78, 5) is 11.1. The molecule has 0 heterocycles. The third-order valence-corrected chi connectivity index (χ3v) is 2.06. The van der Waals surface area contributed by atoms with Crippen LogP contribution in [0.25, 0.3) is 0 Å². The minimum absolute atomic E-state index is 0.0998. The Morgan fingerprint density at radius 1 is 1.50 bits per heavy atom. The molecule has 0 aliphatic heterocycles. The monoisotopic (exact) mass is 166 g/mol. The van der Waals surface area contributed by atoms with Crippen molar-refractivity contribution in [3.05, 3.63) is 29.3 Å². The lowest BCUT2D eigenvalue weighted by Crippen LogP contribution is -2.08. The summed E-state index contributed by atoms with van der Waals surface area (Å²) in [7, 11) is 0. The number of Topliss-reactive ketones (excluding diaryl/α,β-unsaturated/α-hetero) is 1. The standard InChI is InChI=1S/C9H7FO2/c10-6-4-5-2-1-3-7(11)8(5)9(6)12/h1-3,6,11H,4H2. The molecule has 0 saturated heterocycles. The molecule has 62 valence electrons. The summed E-state index contributed by atoms with van der Waals surface area (Å²) in [6.07, 6.45) is -1.36. The number of phenolic OH excluding ortho intramolecular Hbond substituents is 1. The first-order valence-corrected chi connectivity index (χ1v) is 3.69. The van der Waals surface area contributed by atoms with Crippen LogP contribution in [0.3, 0.4) is 0 Å². The van der Waals surface area contributed by atoms with E-state index < -0.39 is 12.0 Å². The van der Waals surface area contributed by atoms with Crippen molar-refractivity contribution in [3.8, 4) is 5.75 Å². The minimum atomic E-state index is -1.46. The Morgan fingerprint density at radius 2 is 2.25 bits per heavy atom. The first-order chi connectivity index (χ1) is 5.70. The maximum Gasteiger partial charge on any atom is 0.201 e. The van der Waals surface area contributed by atoms with Crippen molar-refractivity contribution in [2.24, 2.45) is 0 Å². The Morgan fingerprint density at radius 3 is 2.92 bits per heavy atom. The molecule has 2 rings (SSSR count). The van der Waals surface area contributed by atoms with E-state index in [1.165, 1.54) is 6.07 Å². The fourth-order valence-electron chi connectivity index (χ4n) is 1.48. The number of hydrogen-bond acceptors (Lipinski definition) is 2. The van der Waals surface area contributed by atoms with E-state index in [0.29, 0.717) is 5.56 Å². The molecule has 0 saturated carbocycles. The number of benzene rings is 1. The van der Waals surface area contributed by atoms with E-state index in [1.807, 2.05) is 0 Å². The quantitative estimate of drug-likeness (QED) is 0.633. The number of phenols is 1. The lowest BCUT2D eigenvalue weighted by atomic mass is 10.1. The van der Waals surface area contributed by atoms with Gasteiger partial charge in [-0.25, -0.2) is 4.39 Å². The van der Waals surface area contributed by atoms with Crippen molar-refractivity contribution in [1.82, 2.24) is 0 Å². The molecule has 2 nitrogen and oxygen atoms in total. The van der Waals surface area contributed by atoms with Crippen molar-refractivity contribution in [3.63, 3.8) is 0 Å². The molecule has 0 aromatic heterocycles. The van der Waals surface area contributed by atoms with Crippen molar-refractivity contribution >= 4 is 5.78 Å².